The normalized spacial score (nSPS) is 10.2. The second-order valence-electron chi connectivity index (χ2n) is 2.38. The number of benzene rings is 1. The summed E-state index contributed by atoms with van der Waals surface area (Å²) in [6, 6.07) is 5.95. The third-order valence-electron chi connectivity index (χ3n) is 1.42. The number of aromatic hydroxyl groups is 1. The molecule has 0 spiro atoms. The van der Waals surface area contributed by atoms with Crippen molar-refractivity contribution in [2.45, 2.75) is 6.92 Å². The lowest BCUT2D eigenvalue weighted by Crippen LogP contribution is -2.16. The Morgan fingerprint density at radius 2 is 2.08 bits per heavy atom. The summed E-state index contributed by atoms with van der Waals surface area (Å²) in [5.74, 6) is -0.159. The Labute approximate surface area is 75.9 Å². The monoisotopic (exact) mass is 178 g/mol. The number of carbonyl (C=O) groups excluding carboxylic acids is 1. The van der Waals surface area contributed by atoms with Gasteiger partial charge >= 0.3 is 0 Å². The predicted molar refractivity (Wildman–Crippen MR) is 49.7 cm³/mol. The highest BCUT2D eigenvalue weighted by molar-refractivity contribution is 5.94. The molecule has 0 unspecified atom stereocenters. The molecule has 0 aromatic heterocycles. The fourth-order valence-electron chi connectivity index (χ4n) is 0.801. The molecule has 0 saturated carbocycles. The van der Waals surface area contributed by atoms with Crippen molar-refractivity contribution in [2.24, 2.45) is 5.10 Å². The zero-order valence-corrected chi connectivity index (χ0v) is 7.19. The standard InChI is InChI=1S/C9H10N2O2/c1-2-10-11-9(13)7-3-5-8(12)6-4-7/h2-6,12H,1H3,(H,11,13)/b10-2-. The Hall–Kier alpha value is -1.84. The summed E-state index contributed by atoms with van der Waals surface area (Å²) >= 11 is 0. The molecule has 68 valence electrons. The van der Waals surface area contributed by atoms with Crippen LogP contribution in [0.15, 0.2) is 29.4 Å². The molecule has 0 aliphatic rings. The quantitative estimate of drug-likeness (QED) is 0.526. The minimum atomic E-state index is -0.293. The molecule has 1 rings (SSSR count). The number of phenols is 1. The summed E-state index contributed by atoms with van der Waals surface area (Å²) in [5.41, 5.74) is 2.78. The van der Waals surface area contributed by atoms with Gasteiger partial charge in [0.1, 0.15) is 5.75 Å². The Bertz CT molecular complexity index is 317. The van der Waals surface area contributed by atoms with Crippen molar-refractivity contribution in [3.05, 3.63) is 29.8 Å². The average molecular weight is 178 g/mol. The van der Waals surface area contributed by atoms with Crippen molar-refractivity contribution < 1.29 is 9.90 Å². The van der Waals surface area contributed by atoms with Gasteiger partial charge in [0.05, 0.1) is 0 Å². The summed E-state index contributed by atoms with van der Waals surface area (Å²) in [4.78, 5) is 11.2. The summed E-state index contributed by atoms with van der Waals surface area (Å²) in [7, 11) is 0. The molecule has 1 aromatic carbocycles. The van der Waals surface area contributed by atoms with E-state index in [-0.39, 0.29) is 11.7 Å². The van der Waals surface area contributed by atoms with Crippen molar-refractivity contribution in [1.82, 2.24) is 5.43 Å². The molecule has 4 nitrogen and oxygen atoms in total. The average Bonchev–Trinajstić information content (AvgIpc) is 2.15. The number of phenolic OH excluding ortho intramolecular Hbond substituents is 1. The van der Waals surface area contributed by atoms with Crippen molar-refractivity contribution >= 4 is 12.1 Å². The molecule has 0 atom stereocenters. The molecule has 1 aromatic rings. The first-order chi connectivity index (χ1) is 6.24. The van der Waals surface area contributed by atoms with Gasteiger partial charge in [-0.1, -0.05) is 0 Å². The lowest BCUT2D eigenvalue weighted by Gasteiger charge is -1.98. The number of carbonyl (C=O) groups is 1. The molecule has 2 N–H and O–H groups in total. The van der Waals surface area contributed by atoms with Gasteiger partial charge in [-0.05, 0) is 31.2 Å². The third-order valence-corrected chi connectivity index (χ3v) is 1.42. The van der Waals surface area contributed by atoms with Gasteiger partial charge in [-0.25, -0.2) is 5.43 Å². The van der Waals surface area contributed by atoms with Gasteiger partial charge in [0.25, 0.3) is 5.91 Å². The maximum Gasteiger partial charge on any atom is 0.271 e. The van der Waals surface area contributed by atoms with Crippen LogP contribution in [0.1, 0.15) is 17.3 Å². The van der Waals surface area contributed by atoms with Crippen molar-refractivity contribution in [1.29, 1.82) is 0 Å². The topological polar surface area (TPSA) is 61.7 Å². The number of nitrogens with one attached hydrogen (secondary N) is 1. The van der Waals surface area contributed by atoms with E-state index >= 15 is 0 Å². The van der Waals surface area contributed by atoms with E-state index in [9.17, 15) is 4.79 Å². The number of nitrogens with zero attached hydrogens (tertiary/aromatic N) is 1. The molecule has 0 saturated heterocycles. The smallest absolute Gasteiger partial charge is 0.271 e. The Morgan fingerprint density at radius 3 is 2.62 bits per heavy atom. The van der Waals surface area contributed by atoms with Crippen LogP contribution in [0.5, 0.6) is 5.75 Å². The van der Waals surface area contributed by atoms with Gasteiger partial charge < -0.3 is 5.11 Å². The summed E-state index contributed by atoms with van der Waals surface area (Å²) in [6.45, 7) is 1.71. The van der Waals surface area contributed by atoms with Crippen LogP contribution >= 0.6 is 0 Å². The highest BCUT2D eigenvalue weighted by Crippen LogP contribution is 2.08. The van der Waals surface area contributed by atoms with Gasteiger partial charge in [-0.3, -0.25) is 4.79 Å². The van der Waals surface area contributed by atoms with Crippen LogP contribution < -0.4 is 5.43 Å². The van der Waals surface area contributed by atoms with Crippen LogP contribution in [-0.4, -0.2) is 17.2 Å². The molecular formula is C9H10N2O2. The highest BCUT2D eigenvalue weighted by Gasteiger charge is 2.02. The van der Waals surface area contributed by atoms with Crippen molar-refractivity contribution in [2.75, 3.05) is 0 Å². The molecule has 13 heavy (non-hydrogen) atoms. The molecule has 1 amide bonds. The van der Waals surface area contributed by atoms with E-state index in [1.165, 1.54) is 30.5 Å². The summed E-state index contributed by atoms with van der Waals surface area (Å²) < 4.78 is 0. The summed E-state index contributed by atoms with van der Waals surface area (Å²) in [6.07, 6.45) is 1.48. The Balaban J connectivity index is 2.72. The summed E-state index contributed by atoms with van der Waals surface area (Å²) in [5, 5.41) is 12.5. The van der Waals surface area contributed by atoms with Crippen LogP contribution in [0.25, 0.3) is 0 Å². The maximum atomic E-state index is 11.2. The minimum Gasteiger partial charge on any atom is -0.508 e. The van der Waals surface area contributed by atoms with E-state index in [1.807, 2.05) is 0 Å². The molecule has 4 heteroatoms. The number of hydrogen-bond acceptors (Lipinski definition) is 3. The number of hydrazone groups is 1. The number of hydrogen-bond donors (Lipinski definition) is 2. The molecule has 0 aliphatic carbocycles. The fourth-order valence-corrected chi connectivity index (χ4v) is 0.801. The predicted octanol–water partition coefficient (Wildman–Crippen LogP) is 1.13. The zero-order valence-electron chi connectivity index (χ0n) is 7.19. The Kier molecular flexibility index (Phi) is 3.03. The SMILES string of the molecule is C/C=N\NC(=O)c1ccc(O)cc1. The first-order valence-electron chi connectivity index (χ1n) is 3.81. The van der Waals surface area contributed by atoms with E-state index < -0.39 is 0 Å². The van der Waals surface area contributed by atoms with Crippen LogP contribution in [0.2, 0.25) is 0 Å². The number of amides is 1. The highest BCUT2D eigenvalue weighted by atomic mass is 16.3. The first kappa shape index (κ1) is 9.25. The largest absolute Gasteiger partial charge is 0.508 e. The van der Waals surface area contributed by atoms with Crippen LogP contribution in [-0.2, 0) is 0 Å². The van der Waals surface area contributed by atoms with Crippen molar-refractivity contribution in [3.8, 4) is 5.75 Å². The van der Waals surface area contributed by atoms with E-state index in [2.05, 4.69) is 10.5 Å². The molecule has 0 heterocycles. The zero-order chi connectivity index (χ0) is 9.68. The lowest BCUT2D eigenvalue weighted by molar-refractivity contribution is 0.0955. The maximum absolute atomic E-state index is 11.2. The Morgan fingerprint density at radius 1 is 1.46 bits per heavy atom. The van der Waals surface area contributed by atoms with Gasteiger partial charge in [0.15, 0.2) is 0 Å². The van der Waals surface area contributed by atoms with E-state index in [4.69, 9.17) is 5.11 Å². The van der Waals surface area contributed by atoms with E-state index in [1.54, 1.807) is 6.92 Å². The van der Waals surface area contributed by atoms with Crippen LogP contribution in [0.3, 0.4) is 0 Å². The molecule has 0 radical (unpaired) electrons. The van der Waals surface area contributed by atoms with E-state index in [0.717, 1.165) is 0 Å². The third kappa shape index (κ3) is 2.59. The second kappa shape index (κ2) is 4.25. The van der Waals surface area contributed by atoms with Gasteiger partial charge in [-0.15, -0.1) is 0 Å². The van der Waals surface area contributed by atoms with E-state index in [0.29, 0.717) is 5.56 Å². The van der Waals surface area contributed by atoms with Crippen LogP contribution in [0.4, 0.5) is 0 Å². The van der Waals surface area contributed by atoms with Crippen LogP contribution in [0, 0.1) is 0 Å². The van der Waals surface area contributed by atoms with Gasteiger partial charge in [0.2, 0.25) is 0 Å². The van der Waals surface area contributed by atoms with Crippen molar-refractivity contribution in [3.63, 3.8) is 0 Å². The van der Waals surface area contributed by atoms with Gasteiger partial charge in [0, 0.05) is 11.8 Å². The molecular weight excluding hydrogens is 168 g/mol. The van der Waals surface area contributed by atoms with Gasteiger partial charge in [-0.2, -0.15) is 5.10 Å². The molecule has 0 bridgehead atoms. The fraction of sp³-hybridized carbons (Fsp3) is 0.111. The second-order valence-corrected chi connectivity index (χ2v) is 2.38. The molecule has 0 fully saturated rings. The first-order valence-corrected chi connectivity index (χ1v) is 3.81. The lowest BCUT2D eigenvalue weighted by atomic mass is 10.2. The number of rotatable bonds is 2. The minimum absolute atomic E-state index is 0.135. The molecule has 0 aliphatic heterocycles.